The van der Waals surface area contributed by atoms with Gasteiger partial charge >= 0.3 is 5.97 Å². The van der Waals surface area contributed by atoms with Crippen LogP contribution in [0.2, 0.25) is 0 Å². The lowest BCUT2D eigenvalue weighted by molar-refractivity contribution is 0.0701. The number of hydrogen-bond donors (Lipinski definition) is 1. The van der Waals surface area contributed by atoms with Crippen LogP contribution >= 0.6 is 22.7 Å². The summed E-state index contributed by atoms with van der Waals surface area (Å²) < 4.78 is 25.6. The van der Waals surface area contributed by atoms with Gasteiger partial charge in [0.2, 0.25) is 0 Å². The van der Waals surface area contributed by atoms with Crippen molar-refractivity contribution in [2.45, 2.75) is 24.5 Å². The molecule has 3 rings (SSSR count). The fraction of sp³-hybridized carbons (Fsp3) is 0.158. The molecule has 2 heterocycles. The zero-order valence-corrected chi connectivity index (χ0v) is 17.0. The van der Waals surface area contributed by atoms with E-state index < -0.39 is 15.8 Å². The molecule has 0 saturated heterocycles. The van der Waals surface area contributed by atoms with Crippen molar-refractivity contribution in [1.29, 1.82) is 0 Å². The molecule has 1 aromatic carbocycles. The number of benzene rings is 1. The summed E-state index contributed by atoms with van der Waals surface area (Å²) in [5.41, 5.74) is 0.873. The number of carboxylic acids is 1. The Bertz CT molecular complexity index is 1140. The first-order valence-electron chi connectivity index (χ1n) is 7.94. The van der Waals surface area contributed by atoms with Crippen LogP contribution in [0.1, 0.15) is 37.4 Å². The summed E-state index contributed by atoms with van der Waals surface area (Å²) in [5.74, 6) is -1.62. The fourth-order valence-electron chi connectivity index (χ4n) is 2.69. The normalized spacial score (nSPS) is 11.5. The van der Waals surface area contributed by atoms with E-state index in [0.29, 0.717) is 15.3 Å². The second kappa shape index (κ2) is 7.38. The van der Waals surface area contributed by atoms with Gasteiger partial charge in [0.1, 0.15) is 4.88 Å². The van der Waals surface area contributed by atoms with Gasteiger partial charge in [-0.15, -0.1) is 22.7 Å². The molecule has 2 aromatic heterocycles. The molecule has 0 atom stereocenters. The second-order valence-corrected chi connectivity index (χ2v) is 10.1. The van der Waals surface area contributed by atoms with Gasteiger partial charge in [-0.2, -0.15) is 0 Å². The van der Waals surface area contributed by atoms with Gasteiger partial charge in [0.25, 0.3) is 0 Å². The molecule has 8 heteroatoms. The van der Waals surface area contributed by atoms with E-state index in [1.807, 2.05) is 0 Å². The predicted octanol–water partition coefficient (Wildman–Crippen LogP) is 4.66. The van der Waals surface area contributed by atoms with Gasteiger partial charge in [-0.25, -0.2) is 13.2 Å². The van der Waals surface area contributed by atoms with Crippen molar-refractivity contribution < 1.29 is 23.1 Å². The largest absolute Gasteiger partial charge is 0.477 e. The summed E-state index contributed by atoms with van der Waals surface area (Å²) in [6.45, 7) is 3.17. The van der Waals surface area contributed by atoms with E-state index in [-0.39, 0.29) is 26.9 Å². The molecule has 140 valence electrons. The Hall–Kier alpha value is -2.29. The van der Waals surface area contributed by atoms with Crippen molar-refractivity contribution >= 4 is 44.3 Å². The number of Topliss-reactive ketones (excluding diaryl/α,β-unsaturated/α-hetero) is 1. The number of carboxylic acid groups (broad SMARTS) is 1. The summed E-state index contributed by atoms with van der Waals surface area (Å²) in [7, 11) is -3.68. The number of aromatic carboxylic acids is 1. The Kier molecular flexibility index (Phi) is 5.32. The Balaban J connectivity index is 2.02. The van der Waals surface area contributed by atoms with Crippen LogP contribution in [0.5, 0.6) is 0 Å². The van der Waals surface area contributed by atoms with Crippen molar-refractivity contribution in [1.82, 2.24) is 0 Å². The molecule has 27 heavy (non-hydrogen) atoms. The summed E-state index contributed by atoms with van der Waals surface area (Å²) in [6, 6.07) is 11.7. The van der Waals surface area contributed by atoms with E-state index >= 15 is 0 Å². The number of thiophene rings is 2. The Labute approximate surface area is 164 Å². The van der Waals surface area contributed by atoms with Crippen LogP contribution in [-0.2, 0) is 15.6 Å². The molecule has 0 saturated carbocycles. The smallest absolute Gasteiger partial charge is 0.346 e. The molecule has 0 fully saturated rings. The predicted molar refractivity (Wildman–Crippen MR) is 107 cm³/mol. The molecule has 0 radical (unpaired) electrons. The lowest BCUT2D eigenvalue weighted by Crippen LogP contribution is -2.08. The zero-order chi connectivity index (χ0) is 19.8. The molecular formula is C19H16O5S3. The van der Waals surface area contributed by atoms with E-state index in [4.69, 9.17) is 0 Å². The number of aryl methyl sites for hydroxylation is 1. The van der Waals surface area contributed by atoms with Crippen LogP contribution in [0.25, 0.3) is 9.75 Å². The number of carbonyl (C=O) groups excluding carboxylic acids is 1. The molecule has 5 nitrogen and oxygen atoms in total. The molecule has 0 spiro atoms. The highest BCUT2D eigenvalue weighted by molar-refractivity contribution is 7.90. The maximum atomic E-state index is 12.8. The van der Waals surface area contributed by atoms with Crippen LogP contribution in [0, 0.1) is 6.92 Å². The quantitative estimate of drug-likeness (QED) is 0.586. The SMILES string of the molecule is CC(=O)c1ccc(-c2cc(CS(=O)(=O)c3ccccc3C)c(C(=O)O)s2)s1. The zero-order valence-electron chi connectivity index (χ0n) is 14.6. The first-order chi connectivity index (χ1) is 12.7. The third-order valence-electron chi connectivity index (χ3n) is 3.97. The number of hydrogen-bond acceptors (Lipinski definition) is 6. The molecule has 0 aliphatic carbocycles. The highest BCUT2D eigenvalue weighted by Gasteiger charge is 2.24. The number of sulfone groups is 1. The monoisotopic (exact) mass is 420 g/mol. The maximum absolute atomic E-state index is 12.8. The van der Waals surface area contributed by atoms with Gasteiger partial charge in [0, 0.05) is 9.75 Å². The highest BCUT2D eigenvalue weighted by Crippen LogP contribution is 2.37. The third-order valence-corrected chi connectivity index (χ3v) is 8.34. The lowest BCUT2D eigenvalue weighted by Gasteiger charge is -2.07. The minimum absolute atomic E-state index is 0.0000609. The third kappa shape index (κ3) is 4.02. The number of ketones is 1. The Morgan fingerprint density at radius 1 is 1.04 bits per heavy atom. The van der Waals surface area contributed by atoms with E-state index in [1.54, 1.807) is 43.3 Å². The average molecular weight is 421 g/mol. The van der Waals surface area contributed by atoms with Crippen molar-refractivity contribution in [3.63, 3.8) is 0 Å². The molecule has 1 N–H and O–H groups in total. The Morgan fingerprint density at radius 3 is 2.33 bits per heavy atom. The fourth-order valence-corrected chi connectivity index (χ4v) is 6.42. The number of rotatable bonds is 6. The van der Waals surface area contributed by atoms with Crippen molar-refractivity contribution in [2.24, 2.45) is 0 Å². The van der Waals surface area contributed by atoms with E-state index in [0.717, 1.165) is 16.2 Å². The second-order valence-electron chi connectivity index (χ2n) is 6.01. The van der Waals surface area contributed by atoms with E-state index in [2.05, 4.69) is 0 Å². The van der Waals surface area contributed by atoms with Gasteiger partial charge in [-0.3, -0.25) is 4.79 Å². The summed E-state index contributed by atoms with van der Waals surface area (Å²) in [4.78, 5) is 25.3. The van der Waals surface area contributed by atoms with Crippen LogP contribution in [0.3, 0.4) is 0 Å². The molecular weight excluding hydrogens is 404 g/mol. The van der Waals surface area contributed by atoms with Crippen LogP contribution in [-0.4, -0.2) is 25.3 Å². The van der Waals surface area contributed by atoms with Gasteiger partial charge in [-0.05, 0) is 49.2 Å². The average Bonchev–Trinajstić information content (AvgIpc) is 3.21. The van der Waals surface area contributed by atoms with Gasteiger partial charge in [0.05, 0.1) is 15.5 Å². The lowest BCUT2D eigenvalue weighted by atomic mass is 10.2. The summed E-state index contributed by atoms with van der Waals surface area (Å²) >= 11 is 2.28. The highest BCUT2D eigenvalue weighted by atomic mass is 32.2. The topological polar surface area (TPSA) is 88.5 Å². The first kappa shape index (κ1) is 19.5. The van der Waals surface area contributed by atoms with Crippen molar-refractivity contribution in [3.05, 3.63) is 63.3 Å². The van der Waals surface area contributed by atoms with Crippen LogP contribution in [0.4, 0.5) is 0 Å². The molecule has 0 amide bonds. The molecule has 0 unspecified atom stereocenters. The standard InChI is InChI=1S/C19H16O5S3/c1-11-5-3-4-6-17(11)27(23,24)10-13-9-16(26-18(13)19(21)22)15-8-7-14(25-15)12(2)20/h3-9H,10H2,1-2H3,(H,21,22). The van der Waals surface area contributed by atoms with E-state index in [1.165, 1.54) is 24.3 Å². The molecule has 3 aromatic rings. The van der Waals surface area contributed by atoms with Crippen LogP contribution < -0.4 is 0 Å². The molecule has 0 bridgehead atoms. The number of carbonyl (C=O) groups is 2. The molecule has 0 aliphatic heterocycles. The maximum Gasteiger partial charge on any atom is 0.346 e. The van der Waals surface area contributed by atoms with E-state index in [9.17, 15) is 23.1 Å². The van der Waals surface area contributed by atoms with Crippen LogP contribution in [0.15, 0.2) is 47.4 Å². The summed E-state index contributed by atoms with van der Waals surface area (Å²) in [6.07, 6.45) is 0. The molecule has 0 aliphatic rings. The van der Waals surface area contributed by atoms with Crippen molar-refractivity contribution in [3.8, 4) is 9.75 Å². The minimum atomic E-state index is -3.68. The van der Waals surface area contributed by atoms with Gasteiger partial charge in [-0.1, -0.05) is 18.2 Å². The minimum Gasteiger partial charge on any atom is -0.477 e. The van der Waals surface area contributed by atoms with Gasteiger partial charge in [0.15, 0.2) is 15.6 Å². The first-order valence-corrected chi connectivity index (χ1v) is 11.2. The Morgan fingerprint density at radius 2 is 1.74 bits per heavy atom. The summed E-state index contributed by atoms with van der Waals surface area (Å²) in [5, 5.41) is 9.51. The van der Waals surface area contributed by atoms with Gasteiger partial charge < -0.3 is 5.11 Å². The van der Waals surface area contributed by atoms with Crippen molar-refractivity contribution in [2.75, 3.05) is 0 Å².